The highest BCUT2D eigenvalue weighted by Gasteiger charge is 2.19. The lowest BCUT2D eigenvalue weighted by molar-refractivity contribution is 0.0994. The van der Waals surface area contributed by atoms with Crippen LogP contribution in [0.4, 0.5) is 11.5 Å². The van der Waals surface area contributed by atoms with Crippen LogP contribution < -0.4 is 10.0 Å². The van der Waals surface area contributed by atoms with Crippen LogP contribution in [0.5, 0.6) is 0 Å². The van der Waals surface area contributed by atoms with Crippen LogP contribution in [0.25, 0.3) is 10.9 Å². The molecule has 3 rings (SSSR count). The molecular weight excluding hydrogens is 408 g/mol. The maximum atomic E-state index is 12.8. The predicted octanol–water partition coefficient (Wildman–Crippen LogP) is 3.80. The molecule has 0 amide bonds. The van der Waals surface area contributed by atoms with E-state index in [2.05, 4.69) is 20.0 Å². The van der Waals surface area contributed by atoms with Crippen LogP contribution in [0, 0.1) is 0 Å². The Morgan fingerprint density at radius 3 is 2.45 bits per heavy atom. The van der Waals surface area contributed by atoms with Gasteiger partial charge in [-0.05, 0) is 50.2 Å². The number of thioether (sulfide) groups is 1. The van der Waals surface area contributed by atoms with Crippen LogP contribution in [0.15, 0.2) is 53.7 Å². The Kier molecular flexibility index (Phi) is 6.39. The molecule has 1 atom stereocenters. The van der Waals surface area contributed by atoms with Crippen LogP contribution >= 0.6 is 11.8 Å². The maximum Gasteiger partial charge on any atom is 0.229 e. The summed E-state index contributed by atoms with van der Waals surface area (Å²) in [6, 6.07) is 14.1. The highest BCUT2D eigenvalue weighted by Crippen LogP contribution is 2.28. The van der Waals surface area contributed by atoms with Gasteiger partial charge in [0.05, 0.1) is 17.0 Å². The number of fused-ring (bicyclic) bond motifs is 1. The lowest BCUT2D eigenvalue weighted by atomic mass is 10.1. The van der Waals surface area contributed by atoms with Gasteiger partial charge in [0.25, 0.3) is 0 Å². The SMILES string of the molecule is CCNc1nc(SC(C)C(=O)c2ccc(NS(C)(=O)=O)cc2)nc2ccccc12. The average Bonchev–Trinajstić information content (AvgIpc) is 2.67. The molecule has 0 aliphatic heterocycles. The predicted molar refractivity (Wildman–Crippen MR) is 118 cm³/mol. The number of ketones is 1. The number of anilines is 2. The smallest absolute Gasteiger partial charge is 0.229 e. The first kappa shape index (κ1) is 21.1. The fraction of sp³-hybridized carbons (Fsp3) is 0.250. The molecule has 0 aliphatic rings. The van der Waals surface area contributed by atoms with Crippen molar-refractivity contribution in [2.24, 2.45) is 0 Å². The van der Waals surface area contributed by atoms with Gasteiger partial charge in [-0.2, -0.15) is 0 Å². The normalized spacial score (nSPS) is 12.5. The molecule has 9 heteroatoms. The number of hydrogen-bond donors (Lipinski definition) is 2. The molecule has 3 aromatic rings. The minimum absolute atomic E-state index is 0.0809. The van der Waals surface area contributed by atoms with E-state index in [0.717, 1.165) is 29.5 Å². The molecule has 0 spiro atoms. The Hall–Kier alpha value is -2.65. The summed E-state index contributed by atoms with van der Waals surface area (Å²) in [5.74, 6) is 0.666. The van der Waals surface area contributed by atoms with Crippen LogP contribution in [-0.2, 0) is 10.0 Å². The minimum Gasteiger partial charge on any atom is -0.370 e. The monoisotopic (exact) mass is 430 g/mol. The summed E-state index contributed by atoms with van der Waals surface area (Å²) in [5, 5.41) is 4.30. The number of Topliss-reactive ketones (excluding diaryl/α,β-unsaturated/α-hetero) is 1. The molecule has 0 saturated carbocycles. The molecule has 0 aliphatic carbocycles. The van der Waals surface area contributed by atoms with E-state index in [1.54, 1.807) is 31.2 Å². The van der Waals surface area contributed by atoms with Gasteiger partial charge >= 0.3 is 0 Å². The first-order valence-electron chi connectivity index (χ1n) is 9.06. The summed E-state index contributed by atoms with van der Waals surface area (Å²) in [6.45, 7) is 4.53. The largest absolute Gasteiger partial charge is 0.370 e. The summed E-state index contributed by atoms with van der Waals surface area (Å²) in [4.78, 5) is 21.9. The number of rotatable bonds is 8. The van der Waals surface area contributed by atoms with E-state index in [0.29, 0.717) is 16.4 Å². The lowest BCUT2D eigenvalue weighted by Crippen LogP contribution is -2.15. The molecule has 2 aromatic carbocycles. The molecule has 1 heterocycles. The molecule has 1 aromatic heterocycles. The van der Waals surface area contributed by atoms with Crippen molar-refractivity contribution in [1.29, 1.82) is 0 Å². The molecule has 7 nitrogen and oxygen atoms in total. The number of para-hydroxylation sites is 1. The molecule has 0 saturated heterocycles. The summed E-state index contributed by atoms with van der Waals surface area (Å²) in [6.07, 6.45) is 1.08. The Bertz CT molecular complexity index is 1130. The molecule has 0 fully saturated rings. The van der Waals surface area contributed by atoms with Crippen molar-refractivity contribution >= 4 is 50.0 Å². The number of nitrogens with zero attached hydrogens (tertiary/aromatic N) is 2. The summed E-state index contributed by atoms with van der Waals surface area (Å²) in [5.41, 5.74) is 1.73. The van der Waals surface area contributed by atoms with Gasteiger partial charge in [-0.1, -0.05) is 23.9 Å². The van der Waals surface area contributed by atoms with Crippen molar-refractivity contribution < 1.29 is 13.2 Å². The van der Waals surface area contributed by atoms with Crippen molar-refractivity contribution in [3.8, 4) is 0 Å². The third-order valence-corrected chi connectivity index (χ3v) is 5.62. The van der Waals surface area contributed by atoms with Crippen LogP contribution in [0.3, 0.4) is 0 Å². The number of nitrogens with one attached hydrogen (secondary N) is 2. The van der Waals surface area contributed by atoms with Gasteiger partial charge < -0.3 is 5.32 Å². The van der Waals surface area contributed by atoms with Gasteiger partial charge in [0, 0.05) is 23.2 Å². The fourth-order valence-electron chi connectivity index (χ4n) is 2.77. The van der Waals surface area contributed by atoms with Crippen LogP contribution in [-0.4, -0.2) is 42.2 Å². The van der Waals surface area contributed by atoms with Gasteiger partial charge in [-0.3, -0.25) is 9.52 Å². The van der Waals surface area contributed by atoms with Crippen LogP contribution in [0.1, 0.15) is 24.2 Å². The lowest BCUT2D eigenvalue weighted by Gasteiger charge is -2.13. The number of benzene rings is 2. The molecule has 0 radical (unpaired) electrons. The zero-order valence-electron chi connectivity index (χ0n) is 16.3. The number of sulfonamides is 1. The van der Waals surface area contributed by atoms with Crippen molar-refractivity contribution in [3.63, 3.8) is 0 Å². The van der Waals surface area contributed by atoms with E-state index in [4.69, 9.17) is 0 Å². The van der Waals surface area contributed by atoms with E-state index in [1.165, 1.54) is 11.8 Å². The van der Waals surface area contributed by atoms with E-state index in [9.17, 15) is 13.2 Å². The average molecular weight is 431 g/mol. The van der Waals surface area contributed by atoms with Crippen molar-refractivity contribution in [2.45, 2.75) is 24.3 Å². The van der Waals surface area contributed by atoms with E-state index in [-0.39, 0.29) is 5.78 Å². The Morgan fingerprint density at radius 2 is 1.79 bits per heavy atom. The highest BCUT2D eigenvalue weighted by atomic mass is 32.2. The van der Waals surface area contributed by atoms with Crippen molar-refractivity contribution in [1.82, 2.24) is 9.97 Å². The quantitative estimate of drug-likeness (QED) is 0.318. The summed E-state index contributed by atoms with van der Waals surface area (Å²) < 4.78 is 25.0. The second-order valence-corrected chi connectivity index (χ2v) is 9.53. The highest BCUT2D eigenvalue weighted by molar-refractivity contribution is 8.00. The van der Waals surface area contributed by atoms with Crippen LogP contribution in [0.2, 0.25) is 0 Å². The third kappa shape index (κ3) is 5.45. The van der Waals surface area contributed by atoms with Crippen molar-refractivity contribution in [2.75, 3.05) is 22.8 Å². The molecule has 1 unspecified atom stereocenters. The van der Waals surface area contributed by atoms with Gasteiger partial charge in [0.15, 0.2) is 10.9 Å². The Balaban J connectivity index is 1.79. The summed E-state index contributed by atoms with van der Waals surface area (Å²) in [7, 11) is -3.36. The fourth-order valence-corrected chi connectivity index (χ4v) is 4.19. The van der Waals surface area contributed by atoms with Gasteiger partial charge in [0.2, 0.25) is 10.0 Å². The topological polar surface area (TPSA) is 101 Å². The van der Waals surface area contributed by atoms with Gasteiger partial charge in [-0.15, -0.1) is 0 Å². The Labute approximate surface area is 174 Å². The number of carbonyl (C=O) groups is 1. The second kappa shape index (κ2) is 8.79. The number of aromatic nitrogens is 2. The van der Waals surface area contributed by atoms with E-state index in [1.807, 2.05) is 31.2 Å². The van der Waals surface area contributed by atoms with Crippen molar-refractivity contribution in [3.05, 3.63) is 54.1 Å². The zero-order chi connectivity index (χ0) is 21.0. The molecule has 2 N–H and O–H groups in total. The van der Waals surface area contributed by atoms with E-state index >= 15 is 0 Å². The molecule has 152 valence electrons. The maximum absolute atomic E-state index is 12.8. The summed E-state index contributed by atoms with van der Waals surface area (Å²) >= 11 is 1.29. The van der Waals surface area contributed by atoms with Gasteiger partial charge in [0.1, 0.15) is 5.82 Å². The molecular formula is C20H22N4O3S2. The van der Waals surface area contributed by atoms with Gasteiger partial charge in [-0.25, -0.2) is 18.4 Å². The third-order valence-electron chi connectivity index (χ3n) is 4.05. The first-order valence-corrected chi connectivity index (χ1v) is 11.8. The molecule has 29 heavy (non-hydrogen) atoms. The first-order chi connectivity index (χ1) is 13.8. The van der Waals surface area contributed by atoms with E-state index < -0.39 is 15.3 Å². The Morgan fingerprint density at radius 1 is 1.10 bits per heavy atom. The zero-order valence-corrected chi connectivity index (χ0v) is 18.0. The number of hydrogen-bond acceptors (Lipinski definition) is 7. The second-order valence-electron chi connectivity index (χ2n) is 6.48. The minimum atomic E-state index is -3.36. The number of carbonyl (C=O) groups excluding carboxylic acids is 1. The standard InChI is InChI=1S/C20H22N4O3S2/c1-4-21-19-16-7-5-6-8-17(16)22-20(23-19)28-13(2)18(25)14-9-11-15(12-10-14)24-29(3,26)27/h5-13,24H,4H2,1-3H3,(H,21,22,23). The molecule has 0 bridgehead atoms.